The summed E-state index contributed by atoms with van der Waals surface area (Å²) in [5.74, 6) is -0.864. The van der Waals surface area contributed by atoms with Crippen molar-refractivity contribution in [1.82, 2.24) is 10.2 Å². The molecule has 1 heterocycles. The minimum atomic E-state index is -0.710. The van der Waals surface area contributed by atoms with E-state index in [1.807, 2.05) is 31.2 Å². The smallest absolute Gasteiger partial charge is 0.313 e. The zero-order chi connectivity index (χ0) is 20.6. The number of hydrogen-bond donors (Lipinski definition) is 2. The molecule has 29 heavy (non-hydrogen) atoms. The average molecular weight is 397 g/mol. The Balaban J connectivity index is 1.46. The molecule has 1 saturated heterocycles. The number of carbonyl (C=O) groups excluding carboxylic acids is 2. The lowest BCUT2D eigenvalue weighted by atomic mass is 10.1. The van der Waals surface area contributed by atoms with Gasteiger partial charge >= 0.3 is 11.8 Å². The van der Waals surface area contributed by atoms with Crippen molar-refractivity contribution in [2.24, 2.45) is 0 Å². The molecule has 2 aromatic rings. The molecule has 0 unspecified atom stereocenters. The Kier molecular flexibility index (Phi) is 7.21. The number of morpholine rings is 1. The maximum atomic E-state index is 12.2. The number of nitrogens with one attached hydrogen (secondary N) is 2. The summed E-state index contributed by atoms with van der Waals surface area (Å²) in [7, 11) is 1.52. The van der Waals surface area contributed by atoms with Crippen molar-refractivity contribution in [2.45, 2.75) is 13.0 Å². The van der Waals surface area contributed by atoms with Crippen molar-refractivity contribution in [3.63, 3.8) is 0 Å². The van der Waals surface area contributed by atoms with E-state index in [4.69, 9.17) is 9.47 Å². The molecule has 7 heteroatoms. The number of hydrogen-bond acceptors (Lipinski definition) is 5. The van der Waals surface area contributed by atoms with Crippen molar-refractivity contribution < 1.29 is 19.1 Å². The van der Waals surface area contributed by atoms with Crippen LogP contribution < -0.4 is 15.4 Å². The van der Waals surface area contributed by atoms with Crippen LogP contribution in [0.2, 0.25) is 0 Å². The Morgan fingerprint density at radius 3 is 2.72 bits per heavy atom. The Labute approximate surface area is 171 Å². The van der Waals surface area contributed by atoms with Gasteiger partial charge < -0.3 is 20.1 Å². The predicted octanol–water partition coefficient (Wildman–Crippen LogP) is 2.13. The lowest BCUT2D eigenvalue weighted by Crippen LogP contribution is -2.44. The standard InChI is InChI=1S/C22H27N3O4/c1-16-8-9-19(28-2)18(14-16)24-22(27)21(26)23-10-11-25-12-13-29-20(15-25)17-6-4-3-5-7-17/h3-9,14,20H,10-13,15H2,1-2H3,(H,23,26)(H,24,27)/t20-/m1/s1. The van der Waals surface area contributed by atoms with E-state index < -0.39 is 11.8 Å². The number of anilines is 1. The second-order valence-electron chi connectivity index (χ2n) is 6.98. The summed E-state index contributed by atoms with van der Waals surface area (Å²) in [5.41, 5.74) is 2.58. The van der Waals surface area contributed by atoms with E-state index in [1.54, 1.807) is 12.1 Å². The molecule has 2 amide bonds. The predicted molar refractivity (Wildman–Crippen MR) is 111 cm³/mol. The maximum absolute atomic E-state index is 12.2. The lowest BCUT2D eigenvalue weighted by molar-refractivity contribution is -0.136. The second-order valence-corrected chi connectivity index (χ2v) is 6.98. The maximum Gasteiger partial charge on any atom is 0.313 e. The number of ether oxygens (including phenoxy) is 2. The topological polar surface area (TPSA) is 79.9 Å². The van der Waals surface area contributed by atoms with Crippen LogP contribution in [0, 0.1) is 6.92 Å². The number of methoxy groups -OCH3 is 1. The van der Waals surface area contributed by atoms with Crippen molar-refractivity contribution in [3.8, 4) is 5.75 Å². The Bertz CT molecular complexity index is 841. The monoisotopic (exact) mass is 397 g/mol. The van der Waals surface area contributed by atoms with Gasteiger partial charge in [-0.15, -0.1) is 0 Å². The molecule has 0 saturated carbocycles. The van der Waals surface area contributed by atoms with Gasteiger partial charge in [0.15, 0.2) is 0 Å². The van der Waals surface area contributed by atoms with Gasteiger partial charge in [0, 0.05) is 26.2 Å². The Hall–Kier alpha value is -2.90. The molecule has 1 atom stereocenters. The molecule has 7 nitrogen and oxygen atoms in total. The van der Waals surface area contributed by atoms with Gasteiger partial charge in [-0.25, -0.2) is 0 Å². The number of amides is 2. The first-order valence-corrected chi connectivity index (χ1v) is 9.69. The van der Waals surface area contributed by atoms with Crippen LogP contribution in [0.4, 0.5) is 5.69 Å². The third-order valence-corrected chi connectivity index (χ3v) is 4.84. The molecule has 0 radical (unpaired) electrons. The molecule has 0 aliphatic carbocycles. The van der Waals surface area contributed by atoms with Gasteiger partial charge in [0.1, 0.15) is 5.75 Å². The molecule has 2 N–H and O–H groups in total. The summed E-state index contributed by atoms with van der Waals surface area (Å²) >= 11 is 0. The van der Waals surface area contributed by atoms with Gasteiger partial charge in [0.05, 0.1) is 25.5 Å². The summed E-state index contributed by atoms with van der Waals surface area (Å²) in [6.45, 7) is 5.14. The van der Waals surface area contributed by atoms with Gasteiger partial charge in [-0.05, 0) is 30.2 Å². The fraction of sp³-hybridized carbons (Fsp3) is 0.364. The van der Waals surface area contributed by atoms with Gasteiger partial charge in [0.2, 0.25) is 0 Å². The van der Waals surface area contributed by atoms with Crippen LogP contribution in [0.25, 0.3) is 0 Å². The first kappa shape index (κ1) is 20.8. The van der Waals surface area contributed by atoms with Crippen LogP contribution in [0.1, 0.15) is 17.2 Å². The molecule has 1 aliphatic heterocycles. The summed E-state index contributed by atoms with van der Waals surface area (Å²) in [6.07, 6.45) is 0.0257. The first-order valence-electron chi connectivity index (χ1n) is 9.69. The van der Waals surface area contributed by atoms with Crippen molar-refractivity contribution >= 4 is 17.5 Å². The van der Waals surface area contributed by atoms with Crippen LogP contribution in [0.15, 0.2) is 48.5 Å². The minimum absolute atomic E-state index is 0.0257. The molecule has 0 aromatic heterocycles. The highest BCUT2D eigenvalue weighted by atomic mass is 16.5. The van der Waals surface area contributed by atoms with E-state index in [-0.39, 0.29) is 6.10 Å². The third-order valence-electron chi connectivity index (χ3n) is 4.84. The molecule has 2 aromatic carbocycles. The minimum Gasteiger partial charge on any atom is -0.495 e. The fourth-order valence-corrected chi connectivity index (χ4v) is 3.28. The Morgan fingerprint density at radius 2 is 1.97 bits per heavy atom. The molecule has 0 bridgehead atoms. The van der Waals surface area contributed by atoms with Crippen LogP contribution in [-0.4, -0.2) is 56.6 Å². The second kappa shape index (κ2) is 10.0. The van der Waals surface area contributed by atoms with E-state index in [2.05, 4.69) is 27.7 Å². The van der Waals surface area contributed by atoms with Crippen molar-refractivity contribution in [3.05, 3.63) is 59.7 Å². The zero-order valence-corrected chi connectivity index (χ0v) is 16.8. The number of nitrogens with zero attached hydrogens (tertiary/aromatic N) is 1. The molecule has 3 rings (SSSR count). The van der Waals surface area contributed by atoms with Crippen LogP contribution >= 0.6 is 0 Å². The molecule has 1 aliphatic rings. The molecule has 154 valence electrons. The highest BCUT2D eigenvalue weighted by Crippen LogP contribution is 2.25. The summed E-state index contributed by atoms with van der Waals surface area (Å²) in [5, 5.41) is 5.29. The van der Waals surface area contributed by atoms with E-state index in [1.165, 1.54) is 7.11 Å². The quantitative estimate of drug-likeness (QED) is 0.730. The van der Waals surface area contributed by atoms with Crippen molar-refractivity contribution in [1.29, 1.82) is 0 Å². The van der Waals surface area contributed by atoms with Gasteiger partial charge in [0.25, 0.3) is 0 Å². The van der Waals surface area contributed by atoms with Crippen LogP contribution in [0.5, 0.6) is 5.75 Å². The largest absolute Gasteiger partial charge is 0.495 e. The highest BCUT2D eigenvalue weighted by molar-refractivity contribution is 6.39. The molecule has 1 fully saturated rings. The Morgan fingerprint density at radius 1 is 1.17 bits per heavy atom. The van der Waals surface area contributed by atoms with Gasteiger partial charge in [-0.1, -0.05) is 36.4 Å². The average Bonchev–Trinajstić information content (AvgIpc) is 2.74. The van der Waals surface area contributed by atoms with E-state index in [0.717, 1.165) is 24.2 Å². The number of benzene rings is 2. The van der Waals surface area contributed by atoms with Crippen LogP contribution in [-0.2, 0) is 14.3 Å². The number of aryl methyl sites for hydroxylation is 1. The lowest BCUT2D eigenvalue weighted by Gasteiger charge is -2.33. The zero-order valence-electron chi connectivity index (χ0n) is 16.8. The summed E-state index contributed by atoms with van der Waals surface area (Å²) in [6, 6.07) is 15.5. The van der Waals surface area contributed by atoms with Gasteiger partial charge in [-0.3, -0.25) is 14.5 Å². The van der Waals surface area contributed by atoms with Gasteiger partial charge in [-0.2, -0.15) is 0 Å². The third kappa shape index (κ3) is 5.79. The van der Waals surface area contributed by atoms with Crippen molar-refractivity contribution in [2.75, 3.05) is 45.2 Å². The SMILES string of the molecule is COc1ccc(C)cc1NC(=O)C(=O)NCCN1CCO[C@@H](c2ccccc2)C1. The highest BCUT2D eigenvalue weighted by Gasteiger charge is 2.22. The summed E-state index contributed by atoms with van der Waals surface area (Å²) in [4.78, 5) is 26.6. The first-order chi connectivity index (χ1) is 14.1. The summed E-state index contributed by atoms with van der Waals surface area (Å²) < 4.78 is 11.1. The van der Waals surface area contributed by atoms with Crippen LogP contribution in [0.3, 0.4) is 0 Å². The normalized spacial score (nSPS) is 16.8. The van der Waals surface area contributed by atoms with E-state index in [9.17, 15) is 9.59 Å². The molecule has 0 spiro atoms. The fourth-order valence-electron chi connectivity index (χ4n) is 3.28. The number of rotatable bonds is 6. The molecular weight excluding hydrogens is 370 g/mol. The molecular formula is C22H27N3O4. The van der Waals surface area contributed by atoms with E-state index >= 15 is 0 Å². The van der Waals surface area contributed by atoms with E-state index in [0.29, 0.717) is 31.1 Å². The number of carbonyl (C=O) groups is 2.